The molecule has 5 nitrogen and oxygen atoms in total. The van der Waals surface area contributed by atoms with E-state index in [4.69, 9.17) is 10.5 Å². The molecule has 0 radical (unpaired) electrons. The second kappa shape index (κ2) is 8.71. The first-order chi connectivity index (χ1) is 10.1. The number of nitrogens with zero attached hydrogens (tertiary/aromatic N) is 2. The summed E-state index contributed by atoms with van der Waals surface area (Å²) in [6.07, 6.45) is 4.83. The number of carbonyl (C=O) groups excluding carboxylic acids is 1. The molecule has 0 bridgehead atoms. The van der Waals surface area contributed by atoms with Gasteiger partial charge in [-0.1, -0.05) is 0 Å². The number of hydrogen-bond donors (Lipinski definition) is 1. The number of amides is 1. The van der Waals surface area contributed by atoms with Gasteiger partial charge in [0.2, 0.25) is 5.91 Å². The van der Waals surface area contributed by atoms with Gasteiger partial charge < -0.3 is 15.4 Å². The van der Waals surface area contributed by atoms with Crippen LogP contribution in [0.15, 0.2) is 0 Å². The molecule has 1 atom stereocenters. The Balaban J connectivity index is 1.61. The third-order valence-electron chi connectivity index (χ3n) is 4.64. The molecule has 21 heavy (non-hydrogen) atoms. The molecule has 1 unspecified atom stereocenters. The molecular formula is C16H31N3O2. The van der Waals surface area contributed by atoms with Gasteiger partial charge in [0.1, 0.15) is 0 Å². The summed E-state index contributed by atoms with van der Waals surface area (Å²) in [5.74, 6) is 1.07. The van der Waals surface area contributed by atoms with Crippen molar-refractivity contribution in [2.45, 2.75) is 45.1 Å². The van der Waals surface area contributed by atoms with Crippen LogP contribution in [-0.2, 0) is 9.53 Å². The summed E-state index contributed by atoms with van der Waals surface area (Å²) < 4.78 is 5.39. The van der Waals surface area contributed by atoms with E-state index < -0.39 is 0 Å². The molecule has 2 rings (SSSR count). The molecular weight excluding hydrogens is 266 g/mol. The lowest BCUT2D eigenvalue weighted by atomic mass is 9.95. The van der Waals surface area contributed by atoms with E-state index in [9.17, 15) is 4.79 Å². The monoisotopic (exact) mass is 297 g/mol. The smallest absolute Gasteiger partial charge is 0.222 e. The maximum absolute atomic E-state index is 12.1. The molecule has 2 fully saturated rings. The predicted molar refractivity (Wildman–Crippen MR) is 84.1 cm³/mol. The highest BCUT2D eigenvalue weighted by Crippen LogP contribution is 2.20. The maximum atomic E-state index is 12.1. The van der Waals surface area contributed by atoms with Crippen LogP contribution in [-0.4, -0.2) is 67.7 Å². The van der Waals surface area contributed by atoms with Gasteiger partial charge >= 0.3 is 0 Å². The van der Waals surface area contributed by atoms with E-state index >= 15 is 0 Å². The van der Waals surface area contributed by atoms with Gasteiger partial charge in [-0.15, -0.1) is 0 Å². The Hall–Kier alpha value is -0.650. The number of carbonyl (C=O) groups is 1. The molecule has 2 aliphatic rings. The van der Waals surface area contributed by atoms with Gasteiger partial charge in [-0.25, -0.2) is 0 Å². The molecule has 0 aliphatic carbocycles. The second-order valence-electron chi connectivity index (χ2n) is 6.61. The van der Waals surface area contributed by atoms with Gasteiger partial charge in [-0.2, -0.15) is 0 Å². The van der Waals surface area contributed by atoms with E-state index in [1.807, 2.05) is 6.92 Å². The number of nitrogens with two attached hydrogens (primary N) is 1. The summed E-state index contributed by atoms with van der Waals surface area (Å²) in [5, 5.41) is 0. The standard InChI is InChI=1S/C16H31N3O2/c1-14(17)3-2-4-16(20)19-7-5-15(6-8-19)13-18-9-11-21-12-10-18/h14-15H,2-13,17H2,1H3. The van der Waals surface area contributed by atoms with Crippen molar-refractivity contribution in [2.75, 3.05) is 45.9 Å². The van der Waals surface area contributed by atoms with E-state index in [0.29, 0.717) is 12.3 Å². The first kappa shape index (κ1) is 16.7. The lowest BCUT2D eigenvalue weighted by Gasteiger charge is -2.36. The molecule has 122 valence electrons. The zero-order valence-corrected chi connectivity index (χ0v) is 13.4. The van der Waals surface area contributed by atoms with Crippen LogP contribution < -0.4 is 5.73 Å². The Bertz CT molecular complexity index is 309. The molecule has 2 N–H and O–H groups in total. The van der Waals surface area contributed by atoms with Crippen LogP contribution in [0.4, 0.5) is 0 Å². The van der Waals surface area contributed by atoms with Crippen molar-refractivity contribution in [3.05, 3.63) is 0 Å². The number of piperidine rings is 1. The number of ether oxygens (including phenoxy) is 1. The molecule has 0 aromatic carbocycles. The molecule has 0 spiro atoms. The van der Waals surface area contributed by atoms with Crippen LogP contribution >= 0.6 is 0 Å². The van der Waals surface area contributed by atoms with Crippen LogP contribution in [0, 0.1) is 5.92 Å². The largest absolute Gasteiger partial charge is 0.379 e. The fourth-order valence-electron chi connectivity index (χ4n) is 3.25. The lowest BCUT2D eigenvalue weighted by molar-refractivity contribution is -0.132. The van der Waals surface area contributed by atoms with Crippen molar-refractivity contribution in [1.29, 1.82) is 0 Å². The molecule has 0 aromatic rings. The SMILES string of the molecule is CC(N)CCCC(=O)N1CCC(CN2CCOCC2)CC1. The topological polar surface area (TPSA) is 58.8 Å². The van der Waals surface area contributed by atoms with Crippen LogP contribution in [0.2, 0.25) is 0 Å². The van der Waals surface area contributed by atoms with E-state index in [0.717, 1.165) is 71.0 Å². The minimum absolute atomic E-state index is 0.206. The summed E-state index contributed by atoms with van der Waals surface area (Å²) >= 11 is 0. The quantitative estimate of drug-likeness (QED) is 0.797. The molecule has 1 amide bonds. The van der Waals surface area contributed by atoms with E-state index in [1.54, 1.807) is 0 Å². The van der Waals surface area contributed by atoms with Crippen LogP contribution in [0.5, 0.6) is 0 Å². The van der Waals surface area contributed by atoms with Crippen LogP contribution in [0.1, 0.15) is 39.0 Å². The second-order valence-corrected chi connectivity index (χ2v) is 6.61. The average molecular weight is 297 g/mol. The first-order valence-corrected chi connectivity index (χ1v) is 8.48. The van der Waals surface area contributed by atoms with Gasteiger partial charge in [-0.05, 0) is 38.5 Å². The highest BCUT2D eigenvalue weighted by molar-refractivity contribution is 5.76. The number of rotatable bonds is 6. The molecule has 2 aliphatic heterocycles. The Morgan fingerprint density at radius 1 is 1.24 bits per heavy atom. The molecule has 2 saturated heterocycles. The summed E-state index contributed by atoms with van der Waals surface area (Å²) in [4.78, 5) is 16.7. The Morgan fingerprint density at radius 2 is 1.90 bits per heavy atom. The number of morpholine rings is 1. The number of likely N-dealkylation sites (tertiary alicyclic amines) is 1. The highest BCUT2D eigenvalue weighted by atomic mass is 16.5. The fourth-order valence-corrected chi connectivity index (χ4v) is 3.25. The Morgan fingerprint density at radius 3 is 2.52 bits per heavy atom. The van der Waals surface area contributed by atoms with Crippen molar-refractivity contribution in [1.82, 2.24) is 9.80 Å². The van der Waals surface area contributed by atoms with E-state index in [1.165, 1.54) is 6.54 Å². The highest BCUT2D eigenvalue weighted by Gasteiger charge is 2.24. The average Bonchev–Trinajstić information content (AvgIpc) is 2.48. The zero-order valence-electron chi connectivity index (χ0n) is 13.4. The minimum Gasteiger partial charge on any atom is -0.379 e. The lowest BCUT2D eigenvalue weighted by Crippen LogP contribution is -2.44. The maximum Gasteiger partial charge on any atom is 0.222 e. The van der Waals surface area contributed by atoms with Gasteiger partial charge in [-0.3, -0.25) is 9.69 Å². The Labute approximate surface area is 128 Å². The number of hydrogen-bond acceptors (Lipinski definition) is 4. The summed E-state index contributed by atoms with van der Waals surface area (Å²) in [6.45, 7) is 8.93. The summed E-state index contributed by atoms with van der Waals surface area (Å²) in [5.41, 5.74) is 5.73. The summed E-state index contributed by atoms with van der Waals surface area (Å²) in [6, 6.07) is 0.206. The van der Waals surface area contributed by atoms with Crippen molar-refractivity contribution < 1.29 is 9.53 Å². The van der Waals surface area contributed by atoms with Crippen molar-refractivity contribution >= 4 is 5.91 Å². The third-order valence-corrected chi connectivity index (χ3v) is 4.64. The van der Waals surface area contributed by atoms with Crippen LogP contribution in [0.3, 0.4) is 0 Å². The minimum atomic E-state index is 0.206. The first-order valence-electron chi connectivity index (χ1n) is 8.48. The van der Waals surface area contributed by atoms with E-state index in [2.05, 4.69) is 9.80 Å². The fraction of sp³-hybridized carbons (Fsp3) is 0.938. The molecule has 5 heteroatoms. The molecule has 0 saturated carbocycles. The van der Waals surface area contributed by atoms with Crippen LogP contribution in [0.25, 0.3) is 0 Å². The van der Waals surface area contributed by atoms with Crippen molar-refractivity contribution in [3.63, 3.8) is 0 Å². The molecule has 0 aromatic heterocycles. The predicted octanol–water partition coefficient (Wildman–Crippen LogP) is 1.07. The third kappa shape index (κ3) is 5.93. The van der Waals surface area contributed by atoms with Crippen molar-refractivity contribution in [3.8, 4) is 0 Å². The summed E-state index contributed by atoms with van der Waals surface area (Å²) in [7, 11) is 0. The van der Waals surface area contributed by atoms with Crippen molar-refractivity contribution in [2.24, 2.45) is 11.7 Å². The normalized spacial score (nSPS) is 23.2. The van der Waals surface area contributed by atoms with Gasteiger partial charge in [0.25, 0.3) is 0 Å². The Kier molecular flexibility index (Phi) is 6.93. The van der Waals surface area contributed by atoms with Gasteiger partial charge in [0.05, 0.1) is 13.2 Å². The van der Waals surface area contributed by atoms with Gasteiger partial charge in [0.15, 0.2) is 0 Å². The zero-order chi connectivity index (χ0) is 15.1. The van der Waals surface area contributed by atoms with E-state index in [-0.39, 0.29) is 6.04 Å². The molecule has 2 heterocycles. The van der Waals surface area contributed by atoms with Gasteiger partial charge in [0, 0.05) is 45.2 Å².